The quantitative estimate of drug-likeness (QED) is 0.538. The lowest BCUT2D eigenvalue weighted by Crippen LogP contribution is -2.27. The van der Waals surface area contributed by atoms with Gasteiger partial charge in [-0.3, -0.25) is 4.79 Å². The third-order valence-electron chi connectivity index (χ3n) is 4.52. The molecule has 0 bridgehead atoms. The standard InChI is InChI=1S/C22H21N3O/c1-14-8-10-17(11-9-14)15(2)25-22(26)18(13-23)12-20-16(3)24-21-7-5-4-6-19(20)21/h4-12,15,24H,1-3H3,(H,25,26). The number of nitrogens with zero attached hydrogens (tertiary/aromatic N) is 1. The number of carbonyl (C=O) groups is 1. The molecule has 1 amide bonds. The van der Waals surface area contributed by atoms with Crippen LogP contribution in [-0.2, 0) is 4.79 Å². The highest BCUT2D eigenvalue weighted by atomic mass is 16.1. The van der Waals surface area contributed by atoms with E-state index in [0.29, 0.717) is 0 Å². The molecule has 130 valence electrons. The summed E-state index contributed by atoms with van der Waals surface area (Å²) in [7, 11) is 0. The molecule has 0 radical (unpaired) electrons. The van der Waals surface area contributed by atoms with Crippen molar-refractivity contribution in [2.45, 2.75) is 26.8 Å². The van der Waals surface area contributed by atoms with E-state index in [1.807, 2.05) is 75.4 Å². The van der Waals surface area contributed by atoms with Crippen molar-refractivity contribution < 1.29 is 4.79 Å². The largest absolute Gasteiger partial charge is 0.358 e. The molecule has 0 aliphatic rings. The van der Waals surface area contributed by atoms with Crippen LogP contribution in [-0.4, -0.2) is 10.9 Å². The van der Waals surface area contributed by atoms with Crippen LogP contribution in [0.5, 0.6) is 0 Å². The van der Waals surface area contributed by atoms with Crippen LogP contribution in [0.4, 0.5) is 0 Å². The van der Waals surface area contributed by atoms with E-state index in [1.54, 1.807) is 6.08 Å². The molecule has 1 unspecified atom stereocenters. The molecular weight excluding hydrogens is 322 g/mol. The van der Waals surface area contributed by atoms with Crippen LogP contribution in [0.15, 0.2) is 54.1 Å². The van der Waals surface area contributed by atoms with Crippen LogP contribution in [0.1, 0.15) is 35.3 Å². The molecule has 0 aliphatic heterocycles. The average molecular weight is 343 g/mol. The maximum absolute atomic E-state index is 12.6. The number of rotatable bonds is 4. The summed E-state index contributed by atoms with van der Waals surface area (Å²) in [4.78, 5) is 15.9. The number of aromatic amines is 1. The smallest absolute Gasteiger partial charge is 0.262 e. The summed E-state index contributed by atoms with van der Waals surface area (Å²) in [6, 6.07) is 17.7. The number of benzene rings is 2. The number of para-hydroxylation sites is 1. The first-order valence-corrected chi connectivity index (χ1v) is 8.56. The van der Waals surface area contributed by atoms with E-state index in [-0.39, 0.29) is 17.5 Å². The molecular formula is C22H21N3O. The normalized spacial score (nSPS) is 12.6. The van der Waals surface area contributed by atoms with Gasteiger partial charge in [-0.05, 0) is 38.5 Å². The summed E-state index contributed by atoms with van der Waals surface area (Å²) in [5.41, 5.74) is 5.05. The minimum absolute atomic E-state index is 0.0943. The zero-order valence-electron chi connectivity index (χ0n) is 15.1. The van der Waals surface area contributed by atoms with E-state index < -0.39 is 0 Å². The number of fused-ring (bicyclic) bond motifs is 1. The summed E-state index contributed by atoms with van der Waals surface area (Å²) in [5, 5.41) is 13.4. The van der Waals surface area contributed by atoms with Crippen LogP contribution in [0, 0.1) is 25.2 Å². The summed E-state index contributed by atoms with van der Waals surface area (Å²) in [6.07, 6.45) is 1.66. The number of aryl methyl sites for hydroxylation is 2. The van der Waals surface area contributed by atoms with E-state index in [2.05, 4.69) is 10.3 Å². The van der Waals surface area contributed by atoms with Gasteiger partial charge in [-0.1, -0.05) is 48.0 Å². The predicted octanol–water partition coefficient (Wildman–Crippen LogP) is 4.57. The second-order valence-corrected chi connectivity index (χ2v) is 6.48. The molecule has 4 heteroatoms. The van der Waals surface area contributed by atoms with Crippen LogP contribution < -0.4 is 5.32 Å². The van der Waals surface area contributed by atoms with E-state index in [1.165, 1.54) is 5.56 Å². The Hall–Kier alpha value is -3.32. The van der Waals surface area contributed by atoms with Gasteiger partial charge < -0.3 is 10.3 Å². The summed E-state index contributed by atoms with van der Waals surface area (Å²) in [5.74, 6) is -0.370. The lowest BCUT2D eigenvalue weighted by atomic mass is 10.0. The van der Waals surface area contributed by atoms with Gasteiger partial charge in [0.2, 0.25) is 0 Å². The van der Waals surface area contributed by atoms with Crippen molar-refractivity contribution in [1.82, 2.24) is 10.3 Å². The molecule has 1 atom stereocenters. The zero-order valence-corrected chi connectivity index (χ0v) is 15.1. The van der Waals surface area contributed by atoms with Crippen molar-refractivity contribution in [3.05, 3.63) is 76.5 Å². The number of hydrogen-bond acceptors (Lipinski definition) is 2. The first-order valence-electron chi connectivity index (χ1n) is 8.56. The number of nitriles is 1. The van der Waals surface area contributed by atoms with Crippen molar-refractivity contribution in [2.24, 2.45) is 0 Å². The number of carbonyl (C=O) groups excluding carboxylic acids is 1. The van der Waals surface area contributed by atoms with Gasteiger partial charge >= 0.3 is 0 Å². The lowest BCUT2D eigenvalue weighted by molar-refractivity contribution is -0.117. The van der Waals surface area contributed by atoms with Crippen molar-refractivity contribution in [3.63, 3.8) is 0 Å². The van der Waals surface area contributed by atoms with Crippen molar-refractivity contribution >= 4 is 22.9 Å². The third-order valence-corrected chi connectivity index (χ3v) is 4.52. The molecule has 4 nitrogen and oxygen atoms in total. The van der Waals surface area contributed by atoms with Gasteiger partial charge in [-0.25, -0.2) is 0 Å². The number of hydrogen-bond donors (Lipinski definition) is 2. The molecule has 3 rings (SSSR count). The summed E-state index contributed by atoms with van der Waals surface area (Å²) in [6.45, 7) is 5.87. The van der Waals surface area contributed by atoms with Crippen LogP contribution >= 0.6 is 0 Å². The second kappa shape index (κ2) is 7.28. The first kappa shape index (κ1) is 17.5. The van der Waals surface area contributed by atoms with Gasteiger partial charge in [0, 0.05) is 22.2 Å². The van der Waals surface area contributed by atoms with Crippen molar-refractivity contribution in [3.8, 4) is 6.07 Å². The minimum Gasteiger partial charge on any atom is -0.358 e. The molecule has 3 aromatic rings. The molecule has 0 fully saturated rings. The summed E-state index contributed by atoms with van der Waals surface area (Å²) >= 11 is 0. The van der Waals surface area contributed by atoms with Gasteiger partial charge in [-0.15, -0.1) is 0 Å². The highest BCUT2D eigenvalue weighted by Gasteiger charge is 2.15. The third kappa shape index (κ3) is 3.52. The molecule has 0 saturated carbocycles. The Balaban J connectivity index is 1.87. The van der Waals surface area contributed by atoms with Gasteiger partial charge in [0.25, 0.3) is 5.91 Å². The molecule has 1 aromatic heterocycles. The topological polar surface area (TPSA) is 68.7 Å². The fourth-order valence-electron chi connectivity index (χ4n) is 2.99. The van der Waals surface area contributed by atoms with Gasteiger partial charge in [-0.2, -0.15) is 5.26 Å². The fraction of sp³-hybridized carbons (Fsp3) is 0.182. The minimum atomic E-state index is -0.370. The fourth-order valence-corrected chi connectivity index (χ4v) is 2.99. The maximum atomic E-state index is 12.6. The highest BCUT2D eigenvalue weighted by molar-refractivity contribution is 6.04. The monoisotopic (exact) mass is 343 g/mol. The van der Waals surface area contributed by atoms with Gasteiger partial charge in [0.05, 0.1) is 6.04 Å². The van der Waals surface area contributed by atoms with E-state index in [9.17, 15) is 10.1 Å². The molecule has 2 N–H and O–H groups in total. The second-order valence-electron chi connectivity index (χ2n) is 6.48. The molecule has 26 heavy (non-hydrogen) atoms. The van der Waals surface area contributed by atoms with Crippen molar-refractivity contribution in [1.29, 1.82) is 5.26 Å². The molecule has 0 spiro atoms. The zero-order chi connectivity index (χ0) is 18.7. The van der Waals surface area contributed by atoms with E-state index in [0.717, 1.165) is 27.7 Å². The Kier molecular flexibility index (Phi) is 4.90. The Morgan fingerprint density at radius 3 is 2.54 bits per heavy atom. The number of H-pyrrole nitrogens is 1. The molecule has 1 heterocycles. The SMILES string of the molecule is Cc1ccc(C(C)NC(=O)C(C#N)=Cc2c(C)[nH]c3ccccc23)cc1. The Morgan fingerprint density at radius 1 is 1.15 bits per heavy atom. The number of amides is 1. The Bertz CT molecular complexity index is 1020. The van der Waals surface area contributed by atoms with E-state index >= 15 is 0 Å². The first-order chi connectivity index (χ1) is 12.5. The Morgan fingerprint density at radius 2 is 1.85 bits per heavy atom. The average Bonchev–Trinajstić information content (AvgIpc) is 2.95. The number of nitrogens with one attached hydrogen (secondary N) is 2. The maximum Gasteiger partial charge on any atom is 0.262 e. The lowest BCUT2D eigenvalue weighted by Gasteiger charge is -2.14. The van der Waals surface area contributed by atoms with Gasteiger partial charge in [0.15, 0.2) is 0 Å². The predicted molar refractivity (Wildman–Crippen MR) is 104 cm³/mol. The van der Waals surface area contributed by atoms with Crippen molar-refractivity contribution in [2.75, 3.05) is 0 Å². The van der Waals surface area contributed by atoms with Gasteiger partial charge in [0.1, 0.15) is 11.6 Å². The molecule has 2 aromatic carbocycles. The highest BCUT2D eigenvalue weighted by Crippen LogP contribution is 2.24. The number of aromatic nitrogens is 1. The molecule has 0 aliphatic carbocycles. The van der Waals surface area contributed by atoms with Crippen LogP contribution in [0.2, 0.25) is 0 Å². The van der Waals surface area contributed by atoms with Crippen LogP contribution in [0.3, 0.4) is 0 Å². The van der Waals surface area contributed by atoms with Crippen LogP contribution in [0.25, 0.3) is 17.0 Å². The summed E-state index contributed by atoms with van der Waals surface area (Å²) < 4.78 is 0. The molecule has 0 saturated heterocycles. The van der Waals surface area contributed by atoms with E-state index in [4.69, 9.17) is 0 Å². The Labute approximate surface area is 153 Å².